The molecule has 0 saturated heterocycles. The van der Waals surface area contributed by atoms with E-state index in [1.165, 1.54) is 6.42 Å². The average Bonchev–Trinajstić information content (AvgIpc) is 3.38. The predicted molar refractivity (Wildman–Crippen MR) is 138 cm³/mol. The van der Waals surface area contributed by atoms with Crippen LogP contribution in [0.1, 0.15) is 74.8 Å². The zero-order chi connectivity index (χ0) is 25.3. The summed E-state index contributed by atoms with van der Waals surface area (Å²) in [6.07, 6.45) is 3.04. The molecule has 5 rings (SSSR count). The number of benzene rings is 2. The van der Waals surface area contributed by atoms with Crippen LogP contribution in [0.25, 0.3) is 11.1 Å². The summed E-state index contributed by atoms with van der Waals surface area (Å²) >= 11 is 0. The van der Waals surface area contributed by atoms with Crippen LogP contribution in [-0.4, -0.2) is 28.1 Å². The largest absolute Gasteiger partial charge is 0.479 e. The molecule has 3 aliphatic rings. The summed E-state index contributed by atoms with van der Waals surface area (Å²) in [6.45, 7) is 11.5. The molecule has 2 fully saturated rings. The van der Waals surface area contributed by atoms with Crippen LogP contribution in [0.3, 0.4) is 0 Å². The van der Waals surface area contributed by atoms with E-state index in [1.807, 2.05) is 65.8 Å². The molecule has 1 spiro atoms. The molecule has 2 saturated carbocycles. The molecule has 186 valence electrons. The number of ether oxygens (including phenoxy) is 1. The summed E-state index contributed by atoms with van der Waals surface area (Å²) in [6, 6.07) is 8.16. The van der Waals surface area contributed by atoms with Crippen molar-refractivity contribution in [2.45, 2.75) is 84.5 Å². The Morgan fingerprint density at radius 1 is 1.09 bits per heavy atom. The molecule has 3 N–H and O–H groups in total. The van der Waals surface area contributed by atoms with Gasteiger partial charge < -0.3 is 20.5 Å². The molecule has 2 aromatic carbocycles. The topological polar surface area (TPSA) is 87.7 Å². The Bertz CT molecular complexity index is 1210. The van der Waals surface area contributed by atoms with Crippen molar-refractivity contribution < 1.29 is 19.4 Å². The van der Waals surface area contributed by atoms with Crippen LogP contribution in [-0.2, 0) is 14.3 Å². The molecule has 1 aliphatic heterocycles. The molecule has 6 nitrogen and oxygen atoms in total. The molecule has 2 aliphatic carbocycles. The average molecular weight is 477 g/mol. The molecule has 1 amide bonds. The smallest absolute Gasteiger partial charge is 0.337 e. The van der Waals surface area contributed by atoms with Gasteiger partial charge in [-0.05, 0) is 101 Å². The summed E-state index contributed by atoms with van der Waals surface area (Å²) in [4.78, 5) is 26.1. The number of nitrogens with one attached hydrogen (secondary N) is 2. The number of aliphatic carboxylic acids is 1. The summed E-state index contributed by atoms with van der Waals surface area (Å²) in [5, 5.41) is 17.2. The van der Waals surface area contributed by atoms with Crippen LogP contribution in [0.5, 0.6) is 0 Å². The van der Waals surface area contributed by atoms with Crippen molar-refractivity contribution in [3.8, 4) is 11.1 Å². The molecule has 1 heterocycles. The molecule has 6 heteroatoms. The minimum atomic E-state index is -1.18. The lowest BCUT2D eigenvalue weighted by Crippen LogP contribution is -2.56. The molecule has 2 aromatic rings. The highest BCUT2D eigenvalue weighted by Crippen LogP contribution is 2.56. The second-order valence-corrected chi connectivity index (χ2v) is 11.7. The third-order valence-corrected chi connectivity index (χ3v) is 8.19. The number of fused-ring (bicyclic) bond motifs is 4. The van der Waals surface area contributed by atoms with Crippen molar-refractivity contribution >= 4 is 23.3 Å². The second-order valence-electron chi connectivity index (χ2n) is 11.7. The van der Waals surface area contributed by atoms with Gasteiger partial charge >= 0.3 is 5.97 Å². The Morgan fingerprint density at radius 3 is 2.31 bits per heavy atom. The van der Waals surface area contributed by atoms with Gasteiger partial charge in [0.15, 0.2) is 6.10 Å². The maximum atomic E-state index is 13.5. The number of anilines is 2. The SMILES string of the molecule is Cc1ccc(-c2c(C)c3c(c(C)c2[C@H](OC(C)(C)C)C(=O)O)NC(=O)C2(C[C@@H]4CC[C@H]2C4)N3)cc1. The van der Waals surface area contributed by atoms with E-state index >= 15 is 0 Å². The Morgan fingerprint density at radius 2 is 1.77 bits per heavy atom. The lowest BCUT2D eigenvalue weighted by Gasteiger charge is -2.43. The summed E-state index contributed by atoms with van der Waals surface area (Å²) < 4.78 is 6.13. The second kappa shape index (κ2) is 8.09. The first-order valence-electron chi connectivity index (χ1n) is 12.7. The fraction of sp³-hybridized carbons (Fsp3) is 0.517. The van der Waals surface area contributed by atoms with Crippen molar-refractivity contribution in [2.24, 2.45) is 11.8 Å². The van der Waals surface area contributed by atoms with Gasteiger partial charge in [-0.2, -0.15) is 0 Å². The van der Waals surface area contributed by atoms with Gasteiger partial charge in [-0.15, -0.1) is 0 Å². The highest BCUT2D eigenvalue weighted by atomic mass is 16.5. The summed E-state index contributed by atoms with van der Waals surface area (Å²) in [5.41, 5.74) is 5.55. The fourth-order valence-corrected chi connectivity index (χ4v) is 6.61. The number of carboxylic acid groups (broad SMARTS) is 1. The van der Waals surface area contributed by atoms with Crippen LogP contribution in [0.15, 0.2) is 24.3 Å². The van der Waals surface area contributed by atoms with Gasteiger partial charge in [0.05, 0.1) is 17.0 Å². The number of carboxylic acids is 1. The Kier molecular flexibility index (Phi) is 5.51. The zero-order valence-electron chi connectivity index (χ0n) is 21.5. The van der Waals surface area contributed by atoms with E-state index in [0.29, 0.717) is 23.1 Å². The lowest BCUT2D eigenvalue weighted by atomic mass is 9.77. The van der Waals surface area contributed by atoms with E-state index in [0.717, 1.165) is 52.8 Å². The summed E-state index contributed by atoms with van der Waals surface area (Å²) in [7, 11) is 0. The maximum absolute atomic E-state index is 13.5. The molecular formula is C29H36N2O4. The van der Waals surface area contributed by atoms with Gasteiger partial charge in [0.1, 0.15) is 5.54 Å². The van der Waals surface area contributed by atoms with Gasteiger partial charge in [0, 0.05) is 5.56 Å². The highest BCUT2D eigenvalue weighted by Gasteiger charge is 2.57. The first kappa shape index (κ1) is 23.9. The van der Waals surface area contributed by atoms with E-state index in [-0.39, 0.29) is 5.91 Å². The van der Waals surface area contributed by atoms with Crippen LogP contribution in [0.4, 0.5) is 11.4 Å². The number of carbonyl (C=O) groups excluding carboxylic acids is 1. The molecule has 2 bridgehead atoms. The third kappa shape index (κ3) is 3.83. The first-order chi connectivity index (χ1) is 16.4. The number of amides is 1. The maximum Gasteiger partial charge on any atom is 0.337 e. The van der Waals surface area contributed by atoms with E-state index in [2.05, 4.69) is 10.6 Å². The highest BCUT2D eigenvalue weighted by molar-refractivity contribution is 6.09. The fourth-order valence-electron chi connectivity index (χ4n) is 6.61. The first-order valence-corrected chi connectivity index (χ1v) is 12.7. The number of aryl methyl sites for hydroxylation is 1. The van der Waals surface area contributed by atoms with Crippen LogP contribution >= 0.6 is 0 Å². The van der Waals surface area contributed by atoms with Crippen molar-refractivity contribution in [3.05, 3.63) is 46.5 Å². The van der Waals surface area contributed by atoms with E-state index in [9.17, 15) is 14.7 Å². The quantitative estimate of drug-likeness (QED) is 0.493. The standard InChI is InChI=1S/C29H36N2O4/c1-15-7-10-19(11-8-15)21-16(2)24-23(17(3)22(21)25(26(32)33)35-28(4,5)6)30-27(34)29(31-24)14-18-9-12-20(29)13-18/h7-8,10-11,18,20,25,31H,9,12-14H2,1-6H3,(H,30,34)(H,32,33)/t18-,20+,25+,29?/m1/s1. The molecule has 4 atom stereocenters. The lowest BCUT2D eigenvalue weighted by molar-refractivity contribution is -0.160. The van der Waals surface area contributed by atoms with Gasteiger partial charge in [-0.3, -0.25) is 4.79 Å². The van der Waals surface area contributed by atoms with Crippen molar-refractivity contribution in [3.63, 3.8) is 0 Å². The normalized spacial score (nSPS) is 25.8. The zero-order valence-corrected chi connectivity index (χ0v) is 21.5. The van der Waals surface area contributed by atoms with Crippen LogP contribution < -0.4 is 10.6 Å². The number of hydrogen-bond donors (Lipinski definition) is 3. The monoisotopic (exact) mass is 476 g/mol. The van der Waals surface area contributed by atoms with Gasteiger partial charge in [-0.1, -0.05) is 29.8 Å². The Hall–Kier alpha value is -2.86. The van der Waals surface area contributed by atoms with Crippen molar-refractivity contribution in [1.82, 2.24) is 0 Å². The van der Waals surface area contributed by atoms with Crippen LogP contribution in [0, 0.1) is 32.6 Å². The van der Waals surface area contributed by atoms with Gasteiger partial charge in [0.25, 0.3) is 0 Å². The molecule has 0 aromatic heterocycles. The van der Waals surface area contributed by atoms with Gasteiger partial charge in [0.2, 0.25) is 5.91 Å². The minimum absolute atomic E-state index is 0.0114. The Labute approximate surface area is 207 Å². The molecule has 35 heavy (non-hydrogen) atoms. The number of hydrogen-bond acceptors (Lipinski definition) is 4. The van der Waals surface area contributed by atoms with Crippen molar-refractivity contribution in [1.29, 1.82) is 0 Å². The molecular weight excluding hydrogens is 440 g/mol. The van der Waals surface area contributed by atoms with Crippen molar-refractivity contribution in [2.75, 3.05) is 10.6 Å². The Balaban J connectivity index is 1.75. The summed E-state index contributed by atoms with van der Waals surface area (Å²) in [5.74, 6) is -0.111. The van der Waals surface area contributed by atoms with E-state index in [4.69, 9.17) is 4.74 Å². The minimum Gasteiger partial charge on any atom is -0.479 e. The number of carbonyl (C=O) groups is 2. The van der Waals surface area contributed by atoms with E-state index < -0.39 is 23.2 Å². The van der Waals surface area contributed by atoms with Gasteiger partial charge in [-0.25, -0.2) is 4.79 Å². The molecule has 1 unspecified atom stereocenters. The number of rotatable bonds is 4. The third-order valence-electron chi connectivity index (χ3n) is 8.19. The van der Waals surface area contributed by atoms with Crippen LogP contribution in [0.2, 0.25) is 0 Å². The van der Waals surface area contributed by atoms with E-state index in [1.54, 1.807) is 0 Å². The predicted octanol–water partition coefficient (Wildman–Crippen LogP) is 6.14. The molecule has 0 radical (unpaired) electrons.